The monoisotopic (exact) mass is 177 g/mol. The Morgan fingerprint density at radius 1 is 1.38 bits per heavy atom. The lowest BCUT2D eigenvalue weighted by Gasteiger charge is -2.06. The van der Waals surface area contributed by atoms with E-state index in [0.29, 0.717) is 0 Å². The standard InChI is InChI=1S/C11H15NO/c1-4-11(12-13)10-7-8(2)5-6-9(10)3/h5-7,13H,4H2,1-3H3/b12-11-. The predicted molar refractivity (Wildman–Crippen MR) is 54.5 cm³/mol. The quantitative estimate of drug-likeness (QED) is 0.420. The maximum atomic E-state index is 8.78. The highest BCUT2D eigenvalue weighted by atomic mass is 16.4. The fourth-order valence-corrected chi connectivity index (χ4v) is 1.36. The molecule has 0 aliphatic carbocycles. The third-order valence-corrected chi connectivity index (χ3v) is 2.16. The van der Waals surface area contributed by atoms with Gasteiger partial charge in [-0.25, -0.2) is 0 Å². The second-order valence-electron chi connectivity index (χ2n) is 3.22. The first-order valence-electron chi connectivity index (χ1n) is 4.47. The van der Waals surface area contributed by atoms with E-state index in [1.165, 1.54) is 5.56 Å². The second kappa shape index (κ2) is 4.08. The Morgan fingerprint density at radius 2 is 2.08 bits per heavy atom. The maximum absolute atomic E-state index is 8.78. The van der Waals surface area contributed by atoms with Crippen LogP contribution in [-0.2, 0) is 0 Å². The van der Waals surface area contributed by atoms with Crippen LogP contribution in [0.15, 0.2) is 23.4 Å². The fraction of sp³-hybridized carbons (Fsp3) is 0.364. The number of hydrogen-bond acceptors (Lipinski definition) is 2. The Balaban J connectivity index is 3.19. The molecule has 1 aromatic rings. The normalized spacial score (nSPS) is 11.8. The van der Waals surface area contributed by atoms with Gasteiger partial charge in [0.05, 0.1) is 5.71 Å². The smallest absolute Gasteiger partial charge is 0.0867 e. The first-order chi connectivity index (χ1) is 6.19. The Kier molecular flexibility index (Phi) is 3.07. The van der Waals surface area contributed by atoms with Crippen molar-refractivity contribution in [2.75, 3.05) is 0 Å². The van der Waals surface area contributed by atoms with Gasteiger partial charge in [-0.15, -0.1) is 0 Å². The SMILES string of the molecule is CC/C(=N/O)c1cc(C)ccc1C. The van der Waals surface area contributed by atoms with Gasteiger partial charge < -0.3 is 5.21 Å². The van der Waals surface area contributed by atoms with Crippen LogP contribution in [0, 0.1) is 13.8 Å². The molecule has 0 amide bonds. The molecule has 0 bridgehead atoms. The zero-order valence-electron chi connectivity index (χ0n) is 8.33. The lowest BCUT2D eigenvalue weighted by Crippen LogP contribution is -2.02. The summed E-state index contributed by atoms with van der Waals surface area (Å²) in [6.07, 6.45) is 0.751. The van der Waals surface area contributed by atoms with Gasteiger partial charge in [0.2, 0.25) is 0 Å². The molecule has 1 N–H and O–H groups in total. The van der Waals surface area contributed by atoms with E-state index in [-0.39, 0.29) is 0 Å². The second-order valence-corrected chi connectivity index (χ2v) is 3.22. The fourth-order valence-electron chi connectivity index (χ4n) is 1.36. The number of aryl methyl sites for hydroxylation is 2. The summed E-state index contributed by atoms with van der Waals surface area (Å²) in [7, 11) is 0. The molecule has 0 radical (unpaired) electrons. The van der Waals surface area contributed by atoms with Crippen LogP contribution in [0.5, 0.6) is 0 Å². The molecule has 0 saturated heterocycles. The number of nitrogens with zero attached hydrogens (tertiary/aromatic N) is 1. The lowest BCUT2D eigenvalue weighted by molar-refractivity contribution is 0.318. The van der Waals surface area contributed by atoms with Gasteiger partial charge in [-0.3, -0.25) is 0 Å². The van der Waals surface area contributed by atoms with Crippen LogP contribution in [0.3, 0.4) is 0 Å². The van der Waals surface area contributed by atoms with Crippen molar-refractivity contribution in [3.63, 3.8) is 0 Å². The largest absolute Gasteiger partial charge is 0.411 e. The summed E-state index contributed by atoms with van der Waals surface area (Å²) in [6, 6.07) is 6.16. The first-order valence-corrected chi connectivity index (χ1v) is 4.47. The van der Waals surface area contributed by atoms with Gasteiger partial charge in [0.15, 0.2) is 0 Å². The molecule has 2 nitrogen and oxygen atoms in total. The Labute approximate surface area is 78.9 Å². The molecular formula is C11H15NO. The minimum atomic E-state index is 0.751. The third-order valence-electron chi connectivity index (χ3n) is 2.16. The van der Waals surface area contributed by atoms with Crippen molar-refractivity contribution >= 4 is 5.71 Å². The average molecular weight is 177 g/mol. The van der Waals surface area contributed by atoms with Crippen molar-refractivity contribution in [3.8, 4) is 0 Å². The minimum Gasteiger partial charge on any atom is -0.411 e. The average Bonchev–Trinajstić information content (AvgIpc) is 2.13. The van der Waals surface area contributed by atoms with Crippen LogP contribution >= 0.6 is 0 Å². The van der Waals surface area contributed by atoms with Crippen molar-refractivity contribution in [2.45, 2.75) is 27.2 Å². The predicted octanol–water partition coefficient (Wildman–Crippen LogP) is 2.89. The number of hydrogen-bond donors (Lipinski definition) is 1. The highest BCUT2D eigenvalue weighted by molar-refractivity contribution is 6.01. The first kappa shape index (κ1) is 9.78. The van der Waals surface area contributed by atoms with E-state index in [9.17, 15) is 0 Å². The molecule has 0 unspecified atom stereocenters. The zero-order valence-corrected chi connectivity index (χ0v) is 8.33. The van der Waals surface area contributed by atoms with Crippen molar-refractivity contribution in [2.24, 2.45) is 5.16 Å². The number of rotatable bonds is 2. The summed E-state index contributed by atoms with van der Waals surface area (Å²) in [4.78, 5) is 0. The van der Waals surface area contributed by atoms with Crippen molar-refractivity contribution < 1.29 is 5.21 Å². The van der Waals surface area contributed by atoms with Crippen molar-refractivity contribution in [3.05, 3.63) is 34.9 Å². The molecule has 0 spiro atoms. The molecule has 0 aliphatic rings. The molecule has 0 aromatic heterocycles. The summed E-state index contributed by atoms with van der Waals surface area (Å²) in [5, 5.41) is 12.1. The lowest BCUT2D eigenvalue weighted by atomic mass is 10.0. The van der Waals surface area contributed by atoms with Crippen LogP contribution in [0.25, 0.3) is 0 Å². The van der Waals surface area contributed by atoms with Gasteiger partial charge in [-0.2, -0.15) is 0 Å². The molecule has 2 heteroatoms. The molecule has 0 heterocycles. The molecule has 0 atom stereocenters. The van der Waals surface area contributed by atoms with Crippen LogP contribution < -0.4 is 0 Å². The van der Waals surface area contributed by atoms with Crippen LogP contribution in [-0.4, -0.2) is 10.9 Å². The summed E-state index contributed by atoms with van der Waals surface area (Å²) >= 11 is 0. The van der Waals surface area contributed by atoms with Gasteiger partial charge in [0.1, 0.15) is 0 Å². The highest BCUT2D eigenvalue weighted by Crippen LogP contribution is 2.13. The maximum Gasteiger partial charge on any atom is 0.0867 e. The van der Waals surface area contributed by atoms with Gasteiger partial charge in [-0.05, 0) is 31.9 Å². The molecule has 1 aromatic carbocycles. The van der Waals surface area contributed by atoms with Crippen molar-refractivity contribution in [1.29, 1.82) is 0 Å². The van der Waals surface area contributed by atoms with Gasteiger partial charge in [0.25, 0.3) is 0 Å². The van der Waals surface area contributed by atoms with Gasteiger partial charge in [-0.1, -0.05) is 29.8 Å². The Bertz CT molecular complexity index is 329. The minimum absolute atomic E-state index is 0.751. The van der Waals surface area contributed by atoms with Crippen LogP contribution in [0.4, 0.5) is 0 Å². The molecule has 0 fully saturated rings. The van der Waals surface area contributed by atoms with E-state index in [1.54, 1.807) is 0 Å². The Hall–Kier alpha value is -1.31. The van der Waals surface area contributed by atoms with Crippen molar-refractivity contribution in [1.82, 2.24) is 0 Å². The van der Waals surface area contributed by atoms with E-state index in [2.05, 4.69) is 11.2 Å². The van der Waals surface area contributed by atoms with Crippen LogP contribution in [0.2, 0.25) is 0 Å². The van der Waals surface area contributed by atoms with E-state index < -0.39 is 0 Å². The highest BCUT2D eigenvalue weighted by Gasteiger charge is 2.04. The number of benzene rings is 1. The summed E-state index contributed by atoms with van der Waals surface area (Å²) in [6.45, 7) is 6.04. The van der Waals surface area contributed by atoms with E-state index >= 15 is 0 Å². The zero-order chi connectivity index (χ0) is 9.84. The van der Waals surface area contributed by atoms with Gasteiger partial charge >= 0.3 is 0 Å². The summed E-state index contributed by atoms with van der Waals surface area (Å²) < 4.78 is 0. The third kappa shape index (κ3) is 2.08. The summed E-state index contributed by atoms with van der Waals surface area (Å²) in [5.74, 6) is 0. The molecule has 0 aliphatic heterocycles. The van der Waals surface area contributed by atoms with E-state index in [4.69, 9.17) is 5.21 Å². The van der Waals surface area contributed by atoms with Crippen LogP contribution in [0.1, 0.15) is 30.0 Å². The van der Waals surface area contributed by atoms with E-state index in [0.717, 1.165) is 23.3 Å². The topological polar surface area (TPSA) is 32.6 Å². The molecule has 0 saturated carbocycles. The molecule has 13 heavy (non-hydrogen) atoms. The summed E-state index contributed by atoms with van der Waals surface area (Å²) in [5.41, 5.74) is 4.14. The molecule has 1 rings (SSSR count). The Morgan fingerprint density at radius 3 is 2.62 bits per heavy atom. The molecule has 70 valence electrons. The number of oxime groups is 1. The molecular weight excluding hydrogens is 162 g/mol. The van der Waals surface area contributed by atoms with E-state index in [1.807, 2.05) is 32.9 Å². The van der Waals surface area contributed by atoms with Gasteiger partial charge in [0, 0.05) is 5.56 Å².